The van der Waals surface area contributed by atoms with Crippen LogP contribution in [0.5, 0.6) is 0 Å². The minimum Gasteiger partial charge on any atom is -0.369 e. The van der Waals surface area contributed by atoms with Crippen LogP contribution in [0.15, 0.2) is 85.1 Å². The predicted octanol–water partition coefficient (Wildman–Crippen LogP) is 5.51. The molecule has 9 heteroatoms. The number of fused-ring (bicyclic) bond motifs is 1. The number of hydrogen-bond donors (Lipinski definition) is 2. The van der Waals surface area contributed by atoms with E-state index in [2.05, 4.69) is 44.6 Å². The highest BCUT2D eigenvalue weighted by atomic mass is 19.3. The molecule has 37 heavy (non-hydrogen) atoms. The van der Waals surface area contributed by atoms with E-state index < -0.39 is 12.0 Å². The Morgan fingerprint density at radius 2 is 1.70 bits per heavy atom. The number of para-hydroxylation sites is 1. The predicted molar refractivity (Wildman–Crippen MR) is 143 cm³/mol. The Kier molecular flexibility index (Phi) is 7.04. The van der Waals surface area contributed by atoms with Crippen LogP contribution in [0.3, 0.4) is 0 Å². The molecule has 0 saturated carbocycles. The van der Waals surface area contributed by atoms with Crippen molar-refractivity contribution in [3.05, 3.63) is 85.1 Å². The summed E-state index contributed by atoms with van der Waals surface area (Å²) in [5, 5.41) is 6.60. The molecule has 3 aromatic carbocycles. The van der Waals surface area contributed by atoms with Gasteiger partial charge in [-0.25, -0.2) is 9.97 Å². The van der Waals surface area contributed by atoms with Crippen molar-refractivity contribution >= 4 is 39.8 Å². The molecule has 0 unspecified atom stereocenters. The Bertz CT molecular complexity index is 1450. The fourth-order valence-electron chi connectivity index (χ4n) is 4.34. The first-order valence-electron chi connectivity index (χ1n) is 11.9. The number of rotatable bonds is 6. The summed E-state index contributed by atoms with van der Waals surface area (Å²) >= 11 is 0. The van der Waals surface area contributed by atoms with Crippen molar-refractivity contribution in [1.82, 2.24) is 14.9 Å². The zero-order valence-electron chi connectivity index (χ0n) is 20.3. The third-order valence-corrected chi connectivity index (χ3v) is 6.28. The number of likely N-dealkylation sites (N-methyl/N-ethyl adjacent to an activating group) is 1. The van der Waals surface area contributed by atoms with Gasteiger partial charge in [0, 0.05) is 60.4 Å². The molecule has 4 aromatic rings. The SMILES string of the molecule is CN1CCN(c2ccc(Nc3ncc4cccc(-c5cccc(NC(=O)C=C(F)F)c5)c4n3)cc2)CC1. The summed E-state index contributed by atoms with van der Waals surface area (Å²) < 4.78 is 24.8. The molecule has 1 fully saturated rings. The minimum atomic E-state index is -2.05. The summed E-state index contributed by atoms with van der Waals surface area (Å²) in [6, 6.07) is 21.0. The number of nitrogens with one attached hydrogen (secondary N) is 2. The molecule has 0 aliphatic carbocycles. The molecule has 0 spiro atoms. The first kappa shape index (κ1) is 24.3. The van der Waals surface area contributed by atoms with Gasteiger partial charge in [-0.05, 0) is 49.0 Å². The number of carbonyl (C=O) groups is 1. The highest BCUT2D eigenvalue weighted by Crippen LogP contribution is 2.30. The molecule has 7 nitrogen and oxygen atoms in total. The molecule has 2 heterocycles. The first-order chi connectivity index (χ1) is 17.9. The molecule has 0 radical (unpaired) electrons. The van der Waals surface area contributed by atoms with E-state index in [1.165, 1.54) is 5.69 Å². The van der Waals surface area contributed by atoms with Crippen LogP contribution in [-0.4, -0.2) is 54.0 Å². The molecule has 1 saturated heterocycles. The molecule has 1 aliphatic rings. The second kappa shape index (κ2) is 10.7. The van der Waals surface area contributed by atoms with Gasteiger partial charge in [0.2, 0.25) is 5.95 Å². The van der Waals surface area contributed by atoms with Crippen molar-refractivity contribution in [3.63, 3.8) is 0 Å². The van der Waals surface area contributed by atoms with Crippen molar-refractivity contribution in [2.24, 2.45) is 0 Å². The number of halogens is 2. The minimum absolute atomic E-state index is 0.257. The molecule has 1 aliphatic heterocycles. The van der Waals surface area contributed by atoms with Crippen molar-refractivity contribution in [2.75, 3.05) is 48.8 Å². The number of nitrogens with zero attached hydrogens (tertiary/aromatic N) is 4. The number of hydrogen-bond acceptors (Lipinski definition) is 6. The number of aromatic nitrogens is 2. The summed E-state index contributed by atoms with van der Waals surface area (Å²) in [5.41, 5.74) is 4.83. The molecular formula is C28H26F2N6O. The van der Waals surface area contributed by atoms with Crippen molar-refractivity contribution < 1.29 is 13.6 Å². The maximum absolute atomic E-state index is 12.4. The number of amides is 1. The third-order valence-electron chi connectivity index (χ3n) is 6.28. The largest absolute Gasteiger partial charge is 0.369 e. The van der Waals surface area contributed by atoms with E-state index in [1.54, 1.807) is 24.4 Å². The van der Waals surface area contributed by atoms with E-state index in [0.717, 1.165) is 53.9 Å². The van der Waals surface area contributed by atoms with Crippen LogP contribution in [0.2, 0.25) is 0 Å². The number of anilines is 4. The summed E-state index contributed by atoms with van der Waals surface area (Å²) in [6.07, 6.45) is -0.0332. The standard InChI is InChI=1S/C28H26F2N6O/c1-35-12-14-36(15-13-35)23-10-8-21(9-11-23)33-28-31-18-20-5-3-7-24(27(20)34-28)19-4-2-6-22(16-19)32-26(37)17-25(29)30/h2-11,16-18H,12-15H2,1H3,(H,32,37)(H,31,33,34). The number of piperazine rings is 1. The van der Waals surface area contributed by atoms with Gasteiger partial charge in [-0.15, -0.1) is 0 Å². The molecule has 1 aromatic heterocycles. The number of benzene rings is 3. The summed E-state index contributed by atoms with van der Waals surface area (Å²) in [7, 11) is 2.14. The van der Waals surface area contributed by atoms with Gasteiger partial charge in [-0.3, -0.25) is 4.79 Å². The first-order valence-corrected chi connectivity index (χ1v) is 11.9. The second-order valence-electron chi connectivity index (χ2n) is 8.90. The average molecular weight is 501 g/mol. The number of carbonyl (C=O) groups excluding carboxylic acids is 1. The van der Waals surface area contributed by atoms with E-state index in [4.69, 9.17) is 4.98 Å². The van der Waals surface area contributed by atoms with Crippen LogP contribution in [-0.2, 0) is 4.79 Å². The molecule has 188 valence electrons. The molecule has 0 bridgehead atoms. The van der Waals surface area contributed by atoms with E-state index in [-0.39, 0.29) is 6.08 Å². The lowest BCUT2D eigenvalue weighted by Gasteiger charge is -2.34. The van der Waals surface area contributed by atoms with Crippen LogP contribution in [0.25, 0.3) is 22.0 Å². The van der Waals surface area contributed by atoms with E-state index in [1.807, 2.05) is 36.4 Å². The van der Waals surface area contributed by atoms with Gasteiger partial charge in [0.1, 0.15) is 0 Å². The average Bonchev–Trinajstić information content (AvgIpc) is 2.89. The lowest BCUT2D eigenvalue weighted by molar-refractivity contribution is -0.112. The Morgan fingerprint density at radius 3 is 2.46 bits per heavy atom. The van der Waals surface area contributed by atoms with Crippen molar-refractivity contribution in [2.45, 2.75) is 0 Å². The Balaban J connectivity index is 1.38. The quantitative estimate of drug-likeness (QED) is 0.340. The van der Waals surface area contributed by atoms with E-state index in [0.29, 0.717) is 11.6 Å². The molecule has 5 rings (SSSR count). The van der Waals surface area contributed by atoms with E-state index in [9.17, 15) is 13.6 Å². The van der Waals surface area contributed by atoms with Gasteiger partial charge in [0.25, 0.3) is 12.0 Å². The fourth-order valence-corrected chi connectivity index (χ4v) is 4.34. The summed E-state index contributed by atoms with van der Waals surface area (Å²) in [4.78, 5) is 25.7. The van der Waals surface area contributed by atoms with Crippen LogP contribution < -0.4 is 15.5 Å². The molecule has 0 atom stereocenters. The third kappa shape index (κ3) is 5.90. The van der Waals surface area contributed by atoms with Gasteiger partial charge < -0.3 is 20.4 Å². The highest BCUT2D eigenvalue weighted by Gasteiger charge is 2.14. The van der Waals surface area contributed by atoms with Crippen molar-refractivity contribution in [3.8, 4) is 11.1 Å². The topological polar surface area (TPSA) is 73.4 Å². The van der Waals surface area contributed by atoms with Crippen LogP contribution in [0, 0.1) is 0 Å². The zero-order chi connectivity index (χ0) is 25.8. The normalized spacial score (nSPS) is 13.9. The maximum Gasteiger partial charge on any atom is 0.275 e. The lowest BCUT2D eigenvalue weighted by atomic mass is 10.0. The maximum atomic E-state index is 12.4. The van der Waals surface area contributed by atoms with Crippen LogP contribution >= 0.6 is 0 Å². The molecular weight excluding hydrogens is 474 g/mol. The highest BCUT2D eigenvalue weighted by molar-refractivity contribution is 6.00. The van der Waals surface area contributed by atoms with Crippen LogP contribution in [0.4, 0.5) is 31.8 Å². The molecule has 2 N–H and O–H groups in total. The summed E-state index contributed by atoms with van der Waals surface area (Å²) in [6.45, 7) is 4.12. The molecule has 1 amide bonds. The second-order valence-corrected chi connectivity index (χ2v) is 8.90. The zero-order valence-corrected chi connectivity index (χ0v) is 20.3. The van der Waals surface area contributed by atoms with Gasteiger partial charge in [0.15, 0.2) is 0 Å². The van der Waals surface area contributed by atoms with Gasteiger partial charge >= 0.3 is 0 Å². The van der Waals surface area contributed by atoms with Gasteiger partial charge in [0.05, 0.1) is 11.6 Å². The van der Waals surface area contributed by atoms with Crippen LogP contribution in [0.1, 0.15) is 0 Å². The van der Waals surface area contributed by atoms with Crippen molar-refractivity contribution in [1.29, 1.82) is 0 Å². The van der Waals surface area contributed by atoms with E-state index >= 15 is 0 Å². The Hall–Kier alpha value is -4.37. The monoisotopic (exact) mass is 500 g/mol. The fraction of sp³-hybridized carbons (Fsp3) is 0.179. The smallest absolute Gasteiger partial charge is 0.275 e. The lowest BCUT2D eigenvalue weighted by Crippen LogP contribution is -2.44. The van der Waals surface area contributed by atoms with Gasteiger partial charge in [-0.2, -0.15) is 8.78 Å². The Labute approximate surface area is 213 Å². The van der Waals surface area contributed by atoms with Gasteiger partial charge in [-0.1, -0.05) is 30.3 Å². The Morgan fingerprint density at radius 1 is 0.946 bits per heavy atom. The summed E-state index contributed by atoms with van der Waals surface area (Å²) in [5.74, 6) is -0.428.